The van der Waals surface area contributed by atoms with Crippen LogP contribution in [0.5, 0.6) is 0 Å². The number of imidazole rings is 1. The molecule has 0 bridgehead atoms. The van der Waals surface area contributed by atoms with Gasteiger partial charge in [-0.2, -0.15) is 0 Å². The zero-order chi connectivity index (χ0) is 12.5. The summed E-state index contributed by atoms with van der Waals surface area (Å²) in [5, 5.41) is 2.87. The second-order valence-corrected chi connectivity index (χ2v) is 4.24. The quantitative estimate of drug-likeness (QED) is 0.636. The lowest BCUT2D eigenvalue weighted by atomic mass is 9.96. The molecular weight excluding hydrogens is 216 g/mol. The third kappa shape index (κ3) is 5.49. The summed E-state index contributed by atoms with van der Waals surface area (Å²) in [6.07, 6.45) is 6.91. The van der Waals surface area contributed by atoms with Gasteiger partial charge < -0.3 is 16.0 Å². The molecular formula is C12H22N4O. The normalized spacial score (nSPS) is 12.4. The van der Waals surface area contributed by atoms with Gasteiger partial charge >= 0.3 is 0 Å². The van der Waals surface area contributed by atoms with Gasteiger partial charge in [0, 0.05) is 12.6 Å². The molecule has 1 amide bonds. The van der Waals surface area contributed by atoms with Crippen LogP contribution in [0.2, 0.25) is 0 Å². The summed E-state index contributed by atoms with van der Waals surface area (Å²) < 4.78 is 0. The molecule has 1 unspecified atom stereocenters. The maximum atomic E-state index is 11.6. The molecule has 5 heteroatoms. The predicted octanol–water partition coefficient (Wildman–Crippen LogP) is 1.18. The van der Waals surface area contributed by atoms with E-state index < -0.39 is 0 Å². The van der Waals surface area contributed by atoms with Crippen molar-refractivity contribution in [3.63, 3.8) is 0 Å². The molecule has 17 heavy (non-hydrogen) atoms. The van der Waals surface area contributed by atoms with Gasteiger partial charge in [-0.25, -0.2) is 4.98 Å². The van der Waals surface area contributed by atoms with Crippen molar-refractivity contribution in [1.82, 2.24) is 15.3 Å². The van der Waals surface area contributed by atoms with Crippen LogP contribution in [-0.2, 0) is 11.3 Å². The number of hydrogen-bond donors (Lipinski definition) is 3. The molecule has 0 aliphatic carbocycles. The lowest BCUT2D eigenvalue weighted by Gasteiger charge is -2.12. The fraction of sp³-hybridized carbons (Fsp3) is 0.667. The first-order chi connectivity index (χ1) is 8.26. The number of carbonyl (C=O) groups excluding carboxylic acids is 1. The predicted molar refractivity (Wildman–Crippen MR) is 67.1 cm³/mol. The van der Waals surface area contributed by atoms with Gasteiger partial charge in [-0.05, 0) is 25.3 Å². The molecule has 0 saturated heterocycles. The van der Waals surface area contributed by atoms with E-state index in [0.717, 1.165) is 25.0 Å². The monoisotopic (exact) mass is 238 g/mol. The standard InChI is InChI=1S/C12H22N4O/c1-2-10(5-6-13)3-4-12(17)15-8-11-7-14-9-16-11/h7,9-10H,2-6,8,13H2,1H3,(H,14,16)(H,15,17). The zero-order valence-corrected chi connectivity index (χ0v) is 10.4. The Balaban J connectivity index is 2.16. The lowest BCUT2D eigenvalue weighted by Crippen LogP contribution is -2.23. The second-order valence-electron chi connectivity index (χ2n) is 4.24. The molecule has 1 aromatic heterocycles. The highest BCUT2D eigenvalue weighted by molar-refractivity contribution is 5.75. The summed E-state index contributed by atoms with van der Waals surface area (Å²) in [6, 6.07) is 0. The molecule has 5 nitrogen and oxygen atoms in total. The van der Waals surface area contributed by atoms with Crippen LogP contribution in [0.3, 0.4) is 0 Å². The van der Waals surface area contributed by atoms with Crippen LogP contribution < -0.4 is 11.1 Å². The summed E-state index contributed by atoms with van der Waals surface area (Å²) in [5.41, 5.74) is 6.45. The Hall–Kier alpha value is -1.36. The van der Waals surface area contributed by atoms with Crippen LogP contribution in [0.1, 0.15) is 38.3 Å². The molecule has 0 aliphatic heterocycles. The van der Waals surface area contributed by atoms with E-state index in [1.807, 2.05) is 0 Å². The molecule has 0 spiro atoms. The Morgan fingerprint density at radius 1 is 1.59 bits per heavy atom. The van der Waals surface area contributed by atoms with Crippen molar-refractivity contribution in [3.05, 3.63) is 18.2 Å². The third-order valence-electron chi connectivity index (χ3n) is 2.96. The van der Waals surface area contributed by atoms with Crippen LogP contribution in [0.4, 0.5) is 0 Å². The van der Waals surface area contributed by atoms with Crippen LogP contribution in [0, 0.1) is 5.92 Å². The summed E-state index contributed by atoms with van der Waals surface area (Å²) in [6.45, 7) is 3.36. The van der Waals surface area contributed by atoms with Gasteiger partial charge in [0.15, 0.2) is 0 Å². The maximum Gasteiger partial charge on any atom is 0.220 e. The Morgan fingerprint density at radius 3 is 3.00 bits per heavy atom. The number of amides is 1. The van der Waals surface area contributed by atoms with Gasteiger partial charge in [0.1, 0.15) is 0 Å². The summed E-state index contributed by atoms with van der Waals surface area (Å²) in [7, 11) is 0. The molecule has 1 rings (SSSR count). The first-order valence-corrected chi connectivity index (χ1v) is 6.20. The van der Waals surface area contributed by atoms with Crippen LogP contribution >= 0.6 is 0 Å². The van der Waals surface area contributed by atoms with E-state index >= 15 is 0 Å². The number of nitrogens with zero attached hydrogens (tertiary/aromatic N) is 1. The fourth-order valence-corrected chi connectivity index (χ4v) is 1.79. The average Bonchev–Trinajstić information content (AvgIpc) is 2.85. The first-order valence-electron chi connectivity index (χ1n) is 6.20. The Bertz CT molecular complexity index is 310. The van der Waals surface area contributed by atoms with Crippen molar-refractivity contribution in [3.8, 4) is 0 Å². The van der Waals surface area contributed by atoms with Gasteiger partial charge in [-0.3, -0.25) is 4.79 Å². The Kier molecular flexibility index (Phi) is 6.32. The number of aromatic amines is 1. The Labute approximate surface area is 102 Å². The highest BCUT2D eigenvalue weighted by Crippen LogP contribution is 2.14. The number of carbonyl (C=O) groups is 1. The van der Waals surface area contributed by atoms with E-state index in [9.17, 15) is 4.79 Å². The average molecular weight is 238 g/mol. The molecule has 0 radical (unpaired) electrons. The fourth-order valence-electron chi connectivity index (χ4n) is 1.79. The molecule has 0 saturated carbocycles. The Morgan fingerprint density at radius 2 is 2.41 bits per heavy atom. The SMILES string of the molecule is CCC(CCN)CCC(=O)NCc1cnc[nH]1. The van der Waals surface area contributed by atoms with E-state index in [2.05, 4.69) is 22.2 Å². The van der Waals surface area contributed by atoms with E-state index in [1.54, 1.807) is 12.5 Å². The maximum absolute atomic E-state index is 11.6. The van der Waals surface area contributed by atoms with Gasteiger partial charge in [0.2, 0.25) is 5.91 Å². The molecule has 4 N–H and O–H groups in total. The molecule has 1 aromatic rings. The van der Waals surface area contributed by atoms with E-state index in [-0.39, 0.29) is 5.91 Å². The topological polar surface area (TPSA) is 83.8 Å². The second kappa shape index (κ2) is 7.84. The van der Waals surface area contributed by atoms with Crippen molar-refractivity contribution >= 4 is 5.91 Å². The zero-order valence-electron chi connectivity index (χ0n) is 10.4. The van der Waals surface area contributed by atoms with Crippen LogP contribution in [0.25, 0.3) is 0 Å². The smallest absolute Gasteiger partial charge is 0.220 e. The van der Waals surface area contributed by atoms with E-state index in [1.165, 1.54) is 0 Å². The molecule has 0 fully saturated rings. The van der Waals surface area contributed by atoms with Crippen LogP contribution in [-0.4, -0.2) is 22.4 Å². The van der Waals surface area contributed by atoms with Gasteiger partial charge in [0.05, 0.1) is 18.6 Å². The van der Waals surface area contributed by atoms with E-state index in [4.69, 9.17) is 5.73 Å². The van der Waals surface area contributed by atoms with Crippen molar-refractivity contribution in [2.45, 2.75) is 39.2 Å². The summed E-state index contributed by atoms with van der Waals surface area (Å²) in [5.74, 6) is 0.660. The minimum Gasteiger partial charge on any atom is -0.350 e. The van der Waals surface area contributed by atoms with Gasteiger partial charge in [-0.15, -0.1) is 0 Å². The minimum absolute atomic E-state index is 0.0927. The lowest BCUT2D eigenvalue weighted by molar-refractivity contribution is -0.121. The number of nitrogens with one attached hydrogen (secondary N) is 2. The van der Waals surface area contributed by atoms with Crippen molar-refractivity contribution < 1.29 is 4.79 Å². The van der Waals surface area contributed by atoms with Crippen molar-refractivity contribution in [2.24, 2.45) is 11.7 Å². The number of aromatic nitrogens is 2. The molecule has 96 valence electrons. The molecule has 1 atom stereocenters. The summed E-state index contributed by atoms with van der Waals surface area (Å²) >= 11 is 0. The minimum atomic E-state index is 0.0927. The van der Waals surface area contributed by atoms with Crippen molar-refractivity contribution in [1.29, 1.82) is 0 Å². The third-order valence-corrected chi connectivity index (χ3v) is 2.96. The number of hydrogen-bond acceptors (Lipinski definition) is 3. The number of nitrogens with two attached hydrogens (primary N) is 1. The first kappa shape index (κ1) is 13.7. The molecule has 1 heterocycles. The molecule has 0 aliphatic rings. The van der Waals surface area contributed by atoms with Gasteiger partial charge in [0.25, 0.3) is 0 Å². The number of H-pyrrole nitrogens is 1. The summed E-state index contributed by atoms with van der Waals surface area (Å²) in [4.78, 5) is 18.4. The highest BCUT2D eigenvalue weighted by atomic mass is 16.1. The molecule has 0 aromatic carbocycles. The largest absolute Gasteiger partial charge is 0.350 e. The van der Waals surface area contributed by atoms with Gasteiger partial charge in [-0.1, -0.05) is 13.3 Å². The van der Waals surface area contributed by atoms with Crippen LogP contribution in [0.15, 0.2) is 12.5 Å². The highest BCUT2D eigenvalue weighted by Gasteiger charge is 2.08. The van der Waals surface area contributed by atoms with Crippen molar-refractivity contribution in [2.75, 3.05) is 6.54 Å². The number of rotatable bonds is 8. The van der Waals surface area contributed by atoms with E-state index in [0.29, 0.717) is 25.4 Å².